The highest BCUT2D eigenvalue weighted by molar-refractivity contribution is 6.15. The van der Waals surface area contributed by atoms with Gasteiger partial charge in [0.25, 0.3) is 0 Å². The van der Waals surface area contributed by atoms with Crippen LogP contribution in [0.2, 0.25) is 0 Å². The minimum absolute atomic E-state index is 0.359. The predicted octanol–water partition coefficient (Wildman–Crippen LogP) is 1.77. The Morgan fingerprint density at radius 2 is 1.77 bits per heavy atom. The summed E-state index contributed by atoms with van der Waals surface area (Å²) < 4.78 is 4.43. The molecular formula is C9H20ClNO2. The molecular weight excluding hydrogens is 190 g/mol. The Kier molecular flexibility index (Phi) is 24.6. The third-order valence-corrected chi connectivity index (χ3v) is 0.453. The van der Waals surface area contributed by atoms with Gasteiger partial charge in [-0.2, -0.15) is 0 Å². The van der Waals surface area contributed by atoms with Crippen LogP contribution in [-0.2, 0) is 9.53 Å². The fourth-order valence-electron chi connectivity index (χ4n) is 0.201. The summed E-state index contributed by atoms with van der Waals surface area (Å²) in [6, 6.07) is 0. The van der Waals surface area contributed by atoms with Gasteiger partial charge in [0.15, 0.2) is 0 Å². The molecule has 13 heavy (non-hydrogen) atoms. The zero-order chi connectivity index (χ0) is 11.3. The molecule has 0 heterocycles. The summed E-state index contributed by atoms with van der Waals surface area (Å²) in [4.78, 5) is 12.1. The molecule has 0 radical (unpaired) electrons. The molecule has 0 rings (SSSR count). The van der Waals surface area contributed by atoms with Crippen molar-refractivity contribution in [2.75, 3.05) is 34.1 Å². The van der Waals surface area contributed by atoms with E-state index in [0.717, 1.165) is 6.08 Å². The minimum Gasteiger partial charge on any atom is -0.463 e. The summed E-state index contributed by atoms with van der Waals surface area (Å²) in [7, 11) is 6.00. The molecule has 0 saturated heterocycles. The summed E-state index contributed by atoms with van der Waals surface area (Å²) in [5.74, 6) is -0.359. The van der Waals surface area contributed by atoms with Crippen molar-refractivity contribution in [1.29, 1.82) is 0 Å². The van der Waals surface area contributed by atoms with Crippen molar-refractivity contribution in [2.45, 2.75) is 6.92 Å². The van der Waals surface area contributed by atoms with E-state index < -0.39 is 0 Å². The molecule has 4 heteroatoms. The molecule has 0 aromatic heterocycles. The van der Waals surface area contributed by atoms with Gasteiger partial charge in [0, 0.05) is 12.5 Å². The van der Waals surface area contributed by atoms with E-state index in [1.54, 1.807) is 6.92 Å². The van der Waals surface area contributed by atoms with Gasteiger partial charge >= 0.3 is 5.97 Å². The second-order valence-corrected chi connectivity index (χ2v) is 2.30. The molecule has 0 saturated carbocycles. The van der Waals surface area contributed by atoms with Crippen LogP contribution in [0.1, 0.15) is 6.92 Å². The smallest absolute Gasteiger partial charge is 0.330 e. The van der Waals surface area contributed by atoms with E-state index in [-0.39, 0.29) is 5.97 Å². The lowest BCUT2D eigenvalue weighted by molar-refractivity contribution is -0.137. The summed E-state index contributed by atoms with van der Waals surface area (Å²) >= 11 is 4.64. The van der Waals surface area contributed by atoms with Gasteiger partial charge in [-0.1, -0.05) is 6.58 Å². The van der Waals surface area contributed by atoms with Crippen LogP contribution in [-0.4, -0.2) is 45.0 Å². The number of hydrogen-bond acceptors (Lipinski definition) is 3. The second kappa shape index (κ2) is 17.5. The third kappa shape index (κ3) is 51.6. The maximum absolute atomic E-state index is 10.1. The minimum atomic E-state index is -0.359. The first-order valence-corrected chi connectivity index (χ1v) is 4.58. The number of ether oxygens (including phenoxy) is 1. The molecule has 0 aromatic rings. The Morgan fingerprint density at radius 1 is 1.46 bits per heavy atom. The zero-order valence-electron chi connectivity index (χ0n) is 9.13. The van der Waals surface area contributed by atoms with Gasteiger partial charge < -0.3 is 9.64 Å². The van der Waals surface area contributed by atoms with E-state index in [4.69, 9.17) is 0 Å². The number of carbonyl (C=O) groups excluding carboxylic acids is 1. The van der Waals surface area contributed by atoms with E-state index in [9.17, 15) is 4.79 Å². The van der Waals surface area contributed by atoms with Crippen LogP contribution in [0.4, 0.5) is 0 Å². The number of nitrogens with zero attached hydrogens (tertiary/aromatic N) is 1. The SMILES string of the molecule is C=CC(=O)OCC.CCl.CN(C)C. The number of hydrogen-bond donors (Lipinski definition) is 0. The molecule has 0 unspecified atom stereocenters. The molecule has 0 aliphatic rings. The van der Waals surface area contributed by atoms with Crippen LogP contribution in [0.15, 0.2) is 12.7 Å². The molecule has 0 amide bonds. The average molecular weight is 210 g/mol. The van der Waals surface area contributed by atoms with Crippen molar-refractivity contribution < 1.29 is 9.53 Å². The maximum Gasteiger partial charge on any atom is 0.330 e. The molecule has 0 aliphatic carbocycles. The standard InChI is InChI=1S/C5H8O2.C3H9N.CH3Cl/c1-3-5(6)7-4-2;1-4(2)3;1-2/h3H,1,4H2,2H3;1-3H3;1H3. The Balaban J connectivity index is -0.000000142. The van der Waals surface area contributed by atoms with Crippen molar-refractivity contribution in [1.82, 2.24) is 4.90 Å². The van der Waals surface area contributed by atoms with Crippen molar-refractivity contribution in [3.05, 3.63) is 12.7 Å². The Bertz CT molecular complexity index is 113. The quantitative estimate of drug-likeness (QED) is 0.395. The van der Waals surface area contributed by atoms with E-state index in [2.05, 4.69) is 22.9 Å². The topological polar surface area (TPSA) is 29.5 Å². The van der Waals surface area contributed by atoms with Crippen molar-refractivity contribution in [3.8, 4) is 0 Å². The highest BCUT2D eigenvalue weighted by atomic mass is 35.5. The monoisotopic (exact) mass is 209 g/mol. The average Bonchev–Trinajstić information content (AvgIpc) is 2.07. The lowest BCUT2D eigenvalue weighted by atomic mass is 10.6. The number of carbonyl (C=O) groups is 1. The van der Waals surface area contributed by atoms with E-state index >= 15 is 0 Å². The molecule has 0 spiro atoms. The van der Waals surface area contributed by atoms with Crippen LogP contribution >= 0.6 is 11.6 Å². The normalized spacial score (nSPS) is 7.31. The molecule has 0 bridgehead atoms. The van der Waals surface area contributed by atoms with Crippen LogP contribution in [0, 0.1) is 0 Å². The number of halogens is 1. The van der Waals surface area contributed by atoms with E-state index in [1.165, 1.54) is 6.38 Å². The van der Waals surface area contributed by atoms with Gasteiger partial charge in [-0.3, -0.25) is 0 Å². The molecule has 0 fully saturated rings. The van der Waals surface area contributed by atoms with Gasteiger partial charge in [-0.15, -0.1) is 11.6 Å². The van der Waals surface area contributed by atoms with Gasteiger partial charge in [0.1, 0.15) is 0 Å². The van der Waals surface area contributed by atoms with E-state index in [1.807, 2.05) is 26.0 Å². The van der Waals surface area contributed by atoms with Crippen LogP contribution in [0.25, 0.3) is 0 Å². The fraction of sp³-hybridized carbons (Fsp3) is 0.667. The third-order valence-electron chi connectivity index (χ3n) is 0.453. The number of alkyl halides is 1. The molecule has 3 nitrogen and oxygen atoms in total. The van der Waals surface area contributed by atoms with Crippen LogP contribution < -0.4 is 0 Å². The Hall–Kier alpha value is -0.540. The van der Waals surface area contributed by atoms with Gasteiger partial charge in [0.2, 0.25) is 0 Å². The molecule has 0 atom stereocenters. The lowest BCUT2D eigenvalue weighted by Crippen LogP contribution is -1.99. The van der Waals surface area contributed by atoms with Crippen LogP contribution in [0.3, 0.4) is 0 Å². The summed E-state index contributed by atoms with van der Waals surface area (Å²) in [5, 5.41) is 0. The van der Waals surface area contributed by atoms with Crippen molar-refractivity contribution in [3.63, 3.8) is 0 Å². The van der Waals surface area contributed by atoms with Crippen molar-refractivity contribution >= 4 is 17.6 Å². The molecule has 0 aliphatic heterocycles. The second-order valence-electron chi connectivity index (χ2n) is 2.30. The summed E-state index contributed by atoms with van der Waals surface area (Å²) in [5.41, 5.74) is 0. The predicted molar refractivity (Wildman–Crippen MR) is 58.2 cm³/mol. The first kappa shape index (κ1) is 18.3. The lowest BCUT2D eigenvalue weighted by Gasteiger charge is -1.90. The molecule has 0 N–H and O–H groups in total. The van der Waals surface area contributed by atoms with Gasteiger partial charge in [0.05, 0.1) is 6.61 Å². The van der Waals surface area contributed by atoms with Crippen molar-refractivity contribution in [2.24, 2.45) is 0 Å². The van der Waals surface area contributed by atoms with E-state index in [0.29, 0.717) is 6.61 Å². The Morgan fingerprint density at radius 3 is 1.85 bits per heavy atom. The highest BCUT2D eigenvalue weighted by Gasteiger charge is 1.86. The number of rotatable bonds is 2. The van der Waals surface area contributed by atoms with Gasteiger partial charge in [-0.05, 0) is 28.1 Å². The first-order chi connectivity index (χ1) is 6.04. The Labute approximate surface area is 86.3 Å². The largest absolute Gasteiger partial charge is 0.463 e. The van der Waals surface area contributed by atoms with Crippen LogP contribution in [0.5, 0.6) is 0 Å². The molecule has 0 aromatic carbocycles. The summed E-state index contributed by atoms with van der Waals surface area (Å²) in [6.07, 6.45) is 2.61. The maximum atomic E-state index is 10.1. The van der Waals surface area contributed by atoms with Gasteiger partial charge in [-0.25, -0.2) is 4.79 Å². The number of esters is 1. The zero-order valence-corrected chi connectivity index (χ0v) is 9.89. The highest BCUT2D eigenvalue weighted by Crippen LogP contribution is 1.74. The first-order valence-electron chi connectivity index (χ1n) is 3.82. The fourth-order valence-corrected chi connectivity index (χ4v) is 0.201. The summed E-state index contributed by atoms with van der Waals surface area (Å²) in [6.45, 7) is 5.38. The molecule has 80 valence electrons.